The molecule has 0 fully saturated rings. The van der Waals surface area contributed by atoms with Crippen LogP contribution >= 0.6 is 34.3 Å². The number of thiazole rings is 1. The lowest BCUT2D eigenvalue weighted by Crippen LogP contribution is -2.28. The van der Waals surface area contributed by atoms with E-state index in [1.165, 1.54) is 34.8 Å². The summed E-state index contributed by atoms with van der Waals surface area (Å²) in [5.74, 6) is -0.798. The van der Waals surface area contributed by atoms with Crippen LogP contribution in [0, 0.1) is 24.1 Å². The van der Waals surface area contributed by atoms with Crippen molar-refractivity contribution in [3.05, 3.63) is 56.6 Å². The van der Waals surface area contributed by atoms with Gasteiger partial charge in [-0.3, -0.25) is 4.79 Å². The van der Waals surface area contributed by atoms with Crippen LogP contribution in [-0.4, -0.2) is 24.0 Å². The number of thiophene rings is 1. The van der Waals surface area contributed by atoms with Gasteiger partial charge in [-0.05, 0) is 31.2 Å². The highest BCUT2D eigenvalue weighted by atomic mass is 35.5. The molecule has 1 aromatic carbocycles. The predicted molar refractivity (Wildman–Crippen MR) is 107 cm³/mol. The average molecular weight is 421 g/mol. The number of carbonyl (C=O) groups excluding carboxylic acids is 1. The van der Waals surface area contributed by atoms with Crippen molar-refractivity contribution >= 4 is 45.9 Å². The number of anilines is 1. The molecule has 0 unspecified atom stereocenters. The number of aryl methyl sites for hydroxylation is 1. The monoisotopic (exact) mass is 420 g/mol. The van der Waals surface area contributed by atoms with Crippen LogP contribution in [0.5, 0.6) is 0 Å². The lowest BCUT2D eigenvalue weighted by molar-refractivity contribution is 0.0958. The molecule has 0 radical (unpaired) electrons. The molecule has 0 aliphatic rings. The van der Waals surface area contributed by atoms with E-state index < -0.39 is 5.82 Å². The van der Waals surface area contributed by atoms with Crippen LogP contribution in [0.2, 0.25) is 4.34 Å². The van der Waals surface area contributed by atoms with Gasteiger partial charge in [0.25, 0.3) is 5.91 Å². The Balaban J connectivity index is 1.58. The van der Waals surface area contributed by atoms with E-state index in [1.807, 2.05) is 12.1 Å². The summed E-state index contributed by atoms with van der Waals surface area (Å²) in [5.41, 5.74) is 1.01. The summed E-state index contributed by atoms with van der Waals surface area (Å²) in [5, 5.41) is 15.5. The smallest absolute Gasteiger partial charge is 0.263 e. The van der Waals surface area contributed by atoms with Crippen LogP contribution < -0.4 is 10.6 Å². The Labute approximate surface area is 168 Å². The number of halogens is 2. The third-order valence-corrected chi connectivity index (χ3v) is 6.19. The molecule has 0 saturated carbocycles. The Morgan fingerprint density at radius 2 is 2.11 bits per heavy atom. The molecule has 3 aromatic rings. The van der Waals surface area contributed by atoms with Crippen molar-refractivity contribution in [2.45, 2.75) is 6.92 Å². The van der Waals surface area contributed by atoms with Crippen molar-refractivity contribution in [3.63, 3.8) is 0 Å². The molecule has 27 heavy (non-hydrogen) atoms. The molecule has 9 heteroatoms. The van der Waals surface area contributed by atoms with Gasteiger partial charge in [0, 0.05) is 13.1 Å². The minimum absolute atomic E-state index is 0.0404. The van der Waals surface area contributed by atoms with Crippen molar-refractivity contribution in [3.8, 4) is 16.0 Å². The van der Waals surface area contributed by atoms with Crippen molar-refractivity contribution in [1.82, 2.24) is 10.3 Å². The molecule has 0 bridgehead atoms. The molecule has 2 aromatic heterocycles. The molecule has 138 valence electrons. The first-order valence-electron chi connectivity index (χ1n) is 7.93. The summed E-state index contributed by atoms with van der Waals surface area (Å²) >= 11 is 8.68. The van der Waals surface area contributed by atoms with Gasteiger partial charge in [-0.25, -0.2) is 9.37 Å². The Bertz CT molecular complexity index is 1020. The Morgan fingerprint density at radius 1 is 1.30 bits per heavy atom. The summed E-state index contributed by atoms with van der Waals surface area (Å²) in [7, 11) is 0. The second kappa shape index (κ2) is 8.48. The van der Waals surface area contributed by atoms with Gasteiger partial charge < -0.3 is 10.6 Å². The van der Waals surface area contributed by atoms with E-state index in [4.69, 9.17) is 16.9 Å². The minimum atomic E-state index is -0.576. The zero-order chi connectivity index (χ0) is 19.4. The molecule has 0 atom stereocenters. The molecule has 0 spiro atoms. The zero-order valence-corrected chi connectivity index (χ0v) is 16.6. The van der Waals surface area contributed by atoms with Crippen LogP contribution in [0.1, 0.15) is 20.9 Å². The third kappa shape index (κ3) is 4.45. The highest BCUT2D eigenvalue weighted by Gasteiger charge is 2.17. The number of nitrogens with one attached hydrogen (secondary N) is 2. The molecular weight excluding hydrogens is 407 g/mol. The maximum absolute atomic E-state index is 13.6. The molecule has 0 aliphatic heterocycles. The second-order valence-electron chi connectivity index (χ2n) is 5.49. The van der Waals surface area contributed by atoms with Gasteiger partial charge in [-0.2, -0.15) is 5.26 Å². The van der Waals surface area contributed by atoms with E-state index in [0.29, 0.717) is 33.7 Å². The fourth-order valence-corrected chi connectivity index (χ4v) is 4.46. The maximum atomic E-state index is 13.6. The molecule has 5 nitrogen and oxygen atoms in total. The summed E-state index contributed by atoms with van der Waals surface area (Å²) in [6.07, 6.45) is 0. The topological polar surface area (TPSA) is 77.8 Å². The number of amides is 1. The maximum Gasteiger partial charge on any atom is 0.263 e. The first kappa shape index (κ1) is 19.3. The van der Waals surface area contributed by atoms with Crippen molar-refractivity contribution in [2.24, 2.45) is 0 Å². The summed E-state index contributed by atoms with van der Waals surface area (Å²) in [4.78, 5) is 18.3. The van der Waals surface area contributed by atoms with E-state index in [1.54, 1.807) is 19.1 Å². The quantitative estimate of drug-likeness (QED) is 0.567. The first-order chi connectivity index (χ1) is 13.0. The Morgan fingerprint density at radius 3 is 2.81 bits per heavy atom. The first-order valence-corrected chi connectivity index (χ1v) is 9.94. The Kier molecular flexibility index (Phi) is 6.06. The minimum Gasteiger partial charge on any atom is -0.382 e. The normalized spacial score (nSPS) is 10.4. The third-order valence-electron chi connectivity index (χ3n) is 3.64. The predicted octanol–water partition coefficient (Wildman–Crippen LogP) is 4.69. The molecule has 2 N–H and O–H groups in total. The van der Waals surface area contributed by atoms with Gasteiger partial charge in [0.2, 0.25) is 0 Å². The SMILES string of the molecule is Cc1nc(-c2ccc(Cl)s2)sc1C(=O)NCCNc1cccc(F)c1C#N. The van der Waals surface area contributed by atoms with Crippen LogP contribution in [0.4, 0.5) is 10.1 Å². The fraction of sp³-hybridized carbons (Fsp3) is 0.167. The molecule has 2 heterocycles. The van der Waals surface area contributed by atoms with Gasteiger partial charge in [0.15, 0.2) is 0 Å². The molecule has 3 rings (SSSR count). The summed E-state index contributed by atoms with van der Waals surface area (Å²) in [6, 6.07) is 9.88. The number of hydrogen-bond acceptors (Lipinski definition) is 6. The number of nitriles is 1. The number of rotatable bonds is 6. The number of aromatic nitrogens is 1. The zero-order valence-electron chi connectivity index (χ0n) is 14.2. The Hall–Kier alpha value is -2.47. The number of carbonyl (C=O) groups is 1. The van der Waals surface area contributed by atoms with Crippen LogP contribution in [-0.2, 0) is 0 Å². The summed E-state index contributed by atoms with van der Waals surface area (Å²) in [6.45, 7) is 2.46. The lowest BCUT2D eigenvalue weighted by Gasteiger charge is -2.09. The lowest BCUT2D eigenvalue weighted by atomic mass is 10.2. The van der Waals surface area contributed by atoms with E-state index in [0.717, 1.165) is 9.88 Å². The number of hydrogen-bond donors (Lipinski definition) is 2. The van der Waals surface area contributed by atoms with Crippen LogP contribution in [0.15, 0.2) is 30.3 Å². The largest absolute Gasteiger partial charge is 0.382 e. The molecule has 0 saturated heterocycles. The van der Waals surface area contributed by atoms with Gasteiger partial charge in [-0.15, -0.1) is 22.7 Å². The fourth-order valence-electron chi connectivity index (χ4n) is 2.38. The van der Waals surface area contributed by atoms with E-state index in [9.17, 15) is 9.18 Å². The van der Waals surface area contributed by atoms with Crippen molar-refractivity contribution < 1.29 is 9.18 Å². The average Bonchev–Trinajstić information content (AvgIpc) is 3.24. The number of nitrogens with zero attached hydrogens (tertiary/aromatic N) is 2. The number of benzene rings is 1. The highest BCUT2D eigenvalue weighted by Crippen LogP contribution is 2.34. The van der Waals surface area contributed by atoms with Gasteiger partial charge in [0.1, 0.15) is 27.3 Å². The van der Waals surface area contributed by atoms with E-state index in [2.05, 4.69) is 15.6 Å². The van der Waals surface area contributed by atoms with Crippen molar-refractivity contribution in [1.29, 1.82) is 5.26 Å². The summed E-state index contributed by atoms with van der Waals surface area (Å²) < 4.78 is 14.2. The molecule has 1 amide bonds. The van der Waals surface area contributed by atoms with E-state index in [-0.39, 0.29) is 11.5 Å². The van der Waals surface area contributed by atoms with Crippen molar-refractivity contribution in [2.75, 3.05) is 18.4 Å². The van der Waals surface area contributed by atoms with E-state index >= 15 is 0 Å². The second-order valence-corrected chi connectivity index (χ2v) is 8.21. The van der Waals surface area contributed by atoms with Crippen LogP contribution in [0.3, 0.4) is 0 Å². The molecule has 0 aliphatic carbocycles. The molecular formula is C18H14ClFN4OS2. The van der Waals surface area contributed by atoms with Gasteiger partial charge in [0.05, 0.1) is 20.6 Å². The standard InChI is InChI=1S/C18H14ClFN4OS2/c1-10-16(27-18(24-10)14-5-6-15(19)26-14)17(25)23-8-7-22-13-4-2-3-12(20)11(13)9-21/h2-6,22H,7-8H2,1H3,(H,23,25). The van der Waals surface area contributed by atoms with Gasteiger partial charge in [-0.1, -0.05) is 17.7 Å². The highest BCUT2D eigenvalue weighted by molar-refractivity contribution is 7.24. The van der Waals surface area contributed by atoms with Crippen LogP contribution in [0.25, 0.3) is 9.88 Å². The van der Waals surface area contributed by atoms with Gasteiger partial charge >= 0.3 is 0 Å².